The Morgan fingerprint density at radius 3 is 2.61 bits per heavy atom. The first-order valence-electron chi connectivity index (χ1n) is 13.2. The van der Waals surface area contributed by atoms with Crippen molar-refractivity contribution in [3.8, 4) is 0 Å². The molecule has 36 heavy (non-hydrogen) atoms. The summed E-state index contributed by atoms with van der Waals surface area (Å²) in [6.07, 6.45) is 14.2. The molecule has 0 radical (unpaired) electrons. The Labute approximate surface area is 221 Å². The van der Waals surface area contributed by atoms with Gasteiger partial charge in [0.1, 0.15) is 12.4 Å². The molecule has 2 saturated carbocycles. The molecular weight excluding hydrogens is 516 g/mol. The van der Waals surface area contributed by atoms with E-state index in [-0.39, 0.29) is 22.9 Å². The van der Waals surface area contributed by atoms with Gasteiger partial charge in [0.05, 0.1) is 11.3 Å². The minimum Gasteiger partial charge on any atom is -0.458 e. The lowest BCUT2D eigenvalue weighted by atomic mass is 9.48. The highest BCUT2D eigenvalue weighted by Crippen LogP contribution is 2.66. The van der Waals surface area contributed by atoms with Crippen LogP contribution in [0, 0.1) is 28.6 Å². The summed E-state index contributed by atoms with van der Waals surface area (Å²) in [5.41, 5.74) is 4.23. The van der Waals surface area contributed by atoms with E-state index in [9.17, 15) is 9.59 Å². The molecule has 188 valence electrons. The summed E-state index contributed by atoms with van der Waals surface area (Å²) in [6.45, 7) is 4.81. The number of nitrogens with zero attached hydrogens (tertiary/aromatic N) is 2. The lowest BCUT2D eigenvalue weighted by Crippen LogP contribution is -2.50. The molecule has 4 aliphatic carbocycles. The number of halogens is 1. The van der Waals surface area contributed by atoms with Crippen LogP contribution in [0.2, 0.25) is 0 Å². The van der Waals surface area contributed by atoms with Crippen molar-refractivity contribution in [1.29, 1.82) is 0 Å². The van der Waals surface area contributed by atoms with Gasteiger partial charge in [-0.1, -0.05) is 41.4 Å². The van der Waals surface area contributed by atoms with Crippen LogP contribution in [0.3, 0.4) is 0 Å². The Morgan fingerprint density at radius 2 is 1.89 bits per heavy atom. The van der Waals surface area contributed by atoms with Gasteiger partial charge in [0.25, 0.3) is 0 Å². The topological polar surface area (TPSA) is 61.2 Å². The second-order valence-corrected chi connectivity index (χ2v) is 12.6. The van der Waals surface area contributed by atoms with Gasteiger partial charge < -0.3 is 4.74 Å². The molecule has 1 aromatic carbocycles. The van der Waals surface area contributed by atoms with Crippen molar-refractivity contribution < 1.29 is 14.3 Å². The Kier molecular flexibility index (Phi) is 5.86. The summed E-state index contributed by atoms with van der Waals surface area (Å²) >= 11 is 3.42. The number of allylic oxidation sites excluding steroid dienone is 3. The molecule has 4 aliphatic rings. The SMILES string of the molecule is C[C@]12CC[C@H](OC(=O)c3ccc(Br)cc3)CC1=CC[C@@H]1[C@@H]2CC[C@]2(C)C(n3cccn3)=C(C=O)C[C@@H]12. The third-order valence-electron chi connectivity index (χ3n) is 9.96. The maximum Gasteiger partial charge on any atom is 0.338 e. The van der Waals surface area contributed by atoms with Gasteiger partial charge in [0.15, 0.2) is 0 Å². The van der Waals surface area contributed by atoms with Crippen LogP contribution < -0.4 is 0 Å². The fourth-order valence-electron chi connectivity index (χ4n) is 8.14. The number of aromatic nitrogens is 2. The summed E-state index contributed by atoms with van der Waals surface area (Å²) in [4.78, 5) is 24.9. The Morgan fingerprint density at radius 1 is 1.11 bits per heavy atom. The fraction of sp³-hybridized carbons (Fsp3) is 0.500. The Balaban J connectivity index is 1.22. The predicted molar refractivity (Wildman–Crippen MR) is 142 cm³/mol. The van der Waals surface area contributed by atoms with Crippen LogP contribution in [0.15, 0.2) is 64.4 Å². The van der Waals surface area contributed by atoms with Gasteiger partial charge in [-0.15, -0.1) is 0 Å². The first kappa shape index (κ1) is 23.9. The van der Waals surface area contributed by atoms with E-state index in [2.05, 4.69) is 41.0 Å². The van der Waals surface area contributed by atoms with Crippen molar-refractivity contribution in [2.75, 3.05) is 0 Å². The smallest absolute Gasteiger partial charge is 0.338 e. The van der Waals surface area contributed by atoms with Crippen molar-refractivity contribution in [2.45, 2.75) is 64.9 Å². The number of esters is 1. The number of rotatable bonds is 4. The molecule has 6 atom stereocenters. The number of aldehydes is 1. The highest BCUT2D eigenvalue weighted by molar-refractivity contribution is 9.10. The van der Waals surface area contributed by atoms with Crippen molar-refractivity contribution in [2.24, 2.45) is 28.6 Å². The van der Waals surface area contributed by atoms with Crippen molar-refractivity contribution in [3.63, 3.8) is 0 Å². The van der Waals surface area contributed by atoms with E-state index >= 15 is 0 Å². The number of carbonyl (C=O) groups excluding carboxylic acids is 2. The van der Waals surface area contributed by atoms with Gasteiger partial charge in [0, 0.05) is 34.3 Å². The lowest BCUT2D eigenvalue weighted by molar-refractivity contribution is -0.105. The molecular formula is C30H33BrN2O3. The van der Waals surface area contributed by atoms with Crippen molar-refractivity contribution in [1.82, 2.24) is 9.78 Å². The molecule has 0 saturated heterocycles. The zero-order valence-corrected chi connectivity index (χ0v) is 22.5. The number of fused-ring (bicyclic) bond motifs is 5. The molecule has 0 unspecified atom stereocenters. The second kappa shape index (κ2) is 8.83. The first-order chi connectivity index (χ1) is 17.3. The van der Waals surface area contributed by atoms with Gasteiger partial charge >= 0.3 is 5.97 Å². The van der Waals surface area contributed by atoms with Crippen LogP contribution in [-0.4, -0.2) is 28.1 Å². The quantitative estimate of drug-likeness (QED) is 0.238. The standard InChI is InChI=1S/C30H33BrN2O3/c1-29-12-10-23(36-28(35)19-4-7-22(31)8-5-19)17-21(29)6-9-24-25(29)11-13-30(2)26(24)16-20(18-34)27(30)33-15-3-14-32-33/h3-8,14-15,18,23-26H,9-13,16-17H2,1-2H3/t23-,24+,25-,26-,29-,30-/m0/s1. The van der Waals surface area contributed by atoms with E-state index < -0.39 is 0 Å². The number of ether oxygens (including phenoxy) is 1. The maximum atomic E-state index is 12.7. The third kappa shape index (κ3) is 3.67. The Hall–Kier alpha value is -2.47. The van der Waals surface area contributed by atoms with Crippen molar-refractivity contribution in [3.05, 3.63) is 70.0 Å². The highest BCUT2D eigenvalue weighted by atomic mass is 79.9. The molecule has 2 fully saturated rings. The molecule has 1 heterocycles. The first-order valence-corrected chi connectivity index (χ1v) is 14.0. The number of hydrogen-bond acceptors (Lipinski definition) is 4. The molecule has 0 spiro atoms. The fourth-order valence-corrected chi connectivity index (χ4v) is 8.40. The molecule has 6 rings (SSSR count). The molecule has 0 amide bonds. The maximum absolute atomic E-state index is 12.7. The van der Waals surface area contributed by atoms with E-state index in [0.717, 1.165) is 67.0 Å². The van der Waals surface area contributed by atoms with Crippen LogP contribution in [-0.2, 0) is 9.53 Å². The summed E-state index contributed by atoms with van der Waals surface area (Å²) in [5, 5.41) is 4.52. The van der Waals surface area contributed by atoms with E-state index in [0.29, 0.717) is 23.3 Å². The average molecular weight is 550 g/mol. The average Bonchev–Trinajstić information content (AvgIpc) is 3.49. The monoisotopic (exact) mass is 548 g/mol. The van der Waals surface area contributed by atoms with E-state index in [1.807, 2.05) is 41.2 Å². The second-order valence-electron chi connectivity index (χ2n) is 11.6. The molecule has 6 heteroatoms. The van der Waals surface area contributed by atoms with Crippen LogP contribution in [0.25, 0.3) is 5.70 Å². The minimum atomic E-state index is -0.233. The summed E-state index contributed by atoms with van der Waals surface area (Å²) in [5.74, 6) is 1.38. The minimum absolute atomic E-state index is 0.0253. The van der Waals surface area contributed by atoms with E-state index in [1.54, 1.807) is 6.20 Å². The van der Waals surface area contributed by atoms with Crippen LogP contribution in [0.1, 0.15) is 69.2 Å². The molecule has 0 N–H and O–H groups in total. The molecule has 5 nitrogen and oxygen atoms in total. The normalized spacial score (nSPS) is 35.4. The molecule has 0 bridgehead atoms. The lowest BCUT2D eigenvalue weighted by Gasteiger charge is -2.57. The zero-order chi connectivity index (χ0) is 25.1. The molecule has 2 aromatic rings. The predicted octanol–water partition coefficient (Wildman–Crippen LogP) is 6.85. The number of carbonyl (C=O) groups is 2. The van der Waals surface area contributed by atoms with Gasteiger partial charge in [-0.3, -0.25) is 4.79 Å². The zero-order valence-electron chi connectivity index (χ0n) is 21.0. The van der Waals surface area contributed by atoms with Crippen LogP contribution in [0.5, 0.6) is 0 Å². The van der Waals surface area contributed by atoms with Gasteiger partial charge in [-0.05, 0) is 92.0 Å². The van der Waals surface area contributed by atoms with Crippen LogP contribution in [0.4, 0.5) is 0 Å². The number of benzene rings is 1. The molecule has 0 aliphatic heterocycles. The van der Waals surface area contributed by atoms with E-state index in [4.69, 9.17) is 4.74 Å². The van der Waals surface area contributed by atoms with Gasteiger partial charge in [0.2, 0.25) is 0 Å². The summed E-state index contributed by atoms with van der Waals surface area (Å²) in [7, 11) is 0. The Bertz CT molecular complexity index is 1250. The highest BCUT2D eigenvalue weighted by Gasteiger charge is 2.58. The van der Waals surface area contributed by atoms with Gasteiger partial charge in [-0.25, -0.2) is 9.48 Å². The molecule has 1 aromatic heterocycles. The van der Waals surface area contributed by atoms with Crippen LogP contribution >= 0.6 is 15.9 Å². The number of hydrogen-bond donors (Lipinski definition) is 0. The summed E-state index contributed by atoms with van der Waals surface area (Å²) in [6, 6.07) is 9.31. The third-order valence-corrected chi connectivity index (χ3v) is 10.5. The van der Waals surface area contributed by atoms with Crippen molar-refractivity contribution >= 4 is 33.9 Å². The summed E-state index contributed by atoms with van der Waals surface area (Å²) < 4.78 is 8.86. The van der Waals surface area contributed by atoms with Gasteiger partial charge in [-0.2, -0.15) is 5.10 Å². The van der Waals surface area contributed by atoms with E-state index in [1.165, 1.54) is 5.57 Å². The largest absolute Gasteiger partial charge is 0.458 e.